The average Bonchev–Trinajstić information content (AvgIpc) is 3.62. The quantitative estimate of drug-likeness (QED) is 0.386. The number of amides is 5. The molecule has 0 aromatic rings. The van der Waals surface area contributed by atoms with Crippen LogP contribution in [0, 0.1) is 45.8 Å². The fourth-order valence-corrected chi connectivity index (χ4v) is 6.77. The van der Waals surface area contributed by atoms with Gasteiger partial charge in [-0.05, 0) is 55.3 Å². The van der Waals surface area contributed by atoms with Crippen molar-refractivity contribution in [2.24, 2.45) is 34.5 Å². The van der Waals surface area contributed by atoms with Gasteiger partial charge >= 0.3 is 6.03 Å². The van der Waals surface area contributed by atoms with Crippen molar-refractivity contribution in [1.29, 1.82) is 5.26 Å². The molecule has 4 unspecified atom stereocenters. The highest BCUT2D eigenvalue weighted by Crippen LogP contribution is 2.62. The third kappa shape index (κ3) is 7.63. The molecule has 3 aliphatic carbocycles. The van der Waals surface area contributed by atoms with Gasteiger partial charge in [0.2, 0.25) is 18.2 Å². The van der Waals surface area contributed by atoms with Crippen molar-refractivity contribution in [2.45, 2.75) is 104 Å². The van der Waals surface area contributed by atoms with Gasteiger partial charge in [0.25, 0.3) is 5.92 Å². The van der Waals surface area contributed by atoms with Crippen molar-refractivity contribution in [3.63, 3.8) is 0 Å². The second-order valence-electron chi connectivity index (χ2n) is 14.4. The highest BCUT2D eigenvalue weighted by Gasteiger charge is 2.68. The number of urea groups is 1. The molecule has 10 nitrogen and oxygen atoms in total. The molecule has 2 spiro atoms. The number of alkyl halides is 2. The predicted octanol–water partition coefficient (Wildman–Crippen LogP) is 3.91. The Hall–Kier alpha value is -2.97. The molecule has 3 aliphatic heterocycles. The van der Waals surface area contributed by atoms with Crippen molar-refractivity contribution in [3.05, 3.63) is 0 Å². The normalized spacial score (nSPS) is 28.5. The van der Waals surface area contributed by atoms with Crippen LogP contribution < -0.4 is 16.0 Å². The maximum Gasteiger partial charge on any atom is 0.317 e. The lowest BCUT2D eigenvalue weighted by molar-refractivity contribution is -0.248. The summed E-state index contributed by atoms with van der Waals surface area (Å²) in [5.41, 5.74) is -0.598. The molecule has 3 saturated heterocycles. The van der Waals surface area contributed by atoms with Gasteiger partial charge in [0.15, 0.2) is 0 Å². The third-order valence-electron chi connectivity index (χ3n) is 10.0. The van der Waals surface area contributed by atoms with Crippen LogP contribution in [0.5, 0.6) is 0 Å². The summed E-state index contributed by atoms with van der Waals surface area (Å²) in [5, 5.41) is 16.7. The van der Waals surface area contributed by atoms with Crippen molar-refractivity contribution in [1.82, 2.24) is 25.8 Å². The Morgan fingerprint density at radius 3 is 2.05 bits per heavy atom. The average molecular weight is 623 g/mol. The topological polar surface area (TPSA) is 135 Å². The van der Waals surface area contributed by atoms with Crippen molar-refractivity contribution in [3.8, 4) is 6.07 Å². The molecule has 4 atom stereocenters. The lowest BCUT2D eigenvalue weighted by atomic mass is 9.60. The second-order valence-corrected chi connectivity index (χ2v) is 14.4. The molecule has 12 heteroatoms. The molecular weight excluding hydrogens is 570 g/mol. The maximum absolute atomic E-state index is 13.5. The Morgan fingerprint density at radius 1 is 1.07 bits per heavy atom. The SMILES string of the molecule is CC.CC(C)C.CC1(C)C2CN(C(=O)CNC(=O)N3CC4(CCC4(F)F)C3)CC21.N#CC(CC1CC2(CC2)NC1=O)NC=O. The number of nitrogens with zero attached hydrogens (tertiary/aromatic N) is 3. The van der Waals surface area contributed by atoms with E-state index in [1.54, 1.807) is 4.90 Å². The van der Waals surface area contributed by atoms with Gasteiger partial charge in [0.05, 0.1) is 18.0 Å². The van der Waals surface area contributed by atoms with Crippen LogP contribution in [-0.2, 0) is 14.4 Å². The molecule has 44 heavy (non-hydrogen) atoms. The number of carbonyl (C=O) groups is 4. The minimum absolute atomic E-state index is 0.0282. The first-order valence-electron chi connectivity index (χ1n) is 16.2. The Balaban J connectivity index is 0.000000217. The molecule has 248 valence electrons. The summed E-state index contributed by atoms with van der Waals surface area (Å²) in [6, 6.07) is 1.02. The smallest absolute Gasteiger partial charge is 0.317 e. The highest BCUT2D eigenvalue weighted by molar-refractivity contribution is 5.85. The van der Waals surface area contributed by atoms with Crippen LogP contribution in [0.15, 0.2) is 0 Å². The van der Waals surface area contributed by atoms with E-state index in [0.29, 0.717) is 36.5 Å². The second kappa shape index (κ2) is 13.6. The van der Waals surface area contributed by atoms with E-state index in [2.05, 4.69) is 50.6 Å². The van der Waals surface area contributed by atoms with Gasteiger partial charge in [0.1, 0.15) is 6.04 Å². The lowest BCUT2D eigenvalue weighted by Gasteiger charge is -2.59. The number of halogens is 2. The maximum atomic E-state index is 13.5. The van der Waals surface area contributed by atoms with Crippen molar-refractivity contribution >= 4 is 24.3 Å². The summed E-state index contributed by atoms with van der Waals surface area (Å²) in [4.78, 5) is 49.0. The van der Waals surface area contributed by atoms with Crippen LogP contribution >= 0.6 is 0 Å². The van der Waals surface area contributed by atoms with Gasteiger partial charge in [-0.1, -0.05) is 48.5 Å². The van der Waals surface area contributed by atoms with E-state index in [4.69, 9.17) is 5.26 Å². The Bertz CT molecular complexity index is 1100. The van der Waals surface area contributed by atoms with E-state index in [0.717, 1.165) is 38.3 Å². The molecule has 6 aliphatic rings. The summed E-state index contributed by atoms with van der Waals surface area (Å²) in [7, 11) is 0. The van der Waals surface area contributed by atoms with Crippen molar-refractivity contribution < 1.29 is 28.0 Å². The molecule has 3 N–H and O–H groups in total. The van der Waals surface area contributed by atoms with Crippen LogP contribution in [0.4, 0.5) is 13.6 Å². The molecule has 0 bridgehead atoms. The van der Waals surface area contributed by atoms with Crippen LogP contribution in [-0.4, -0.2) is 84.3 Å². The van der Waals surface area contributed by atoms with Gasteiger partial charge in [-0.2, -0.15) is 5.26 Å². The molecule has 3 heterocycles. The number of fused-ring (bicyclic) bond motifs is 1. The number of carbonyl (C=O) groups excluding carboxylic acids is 4. The van der Waals surface area contributed by atoms with Gasteiger partial charge in [-0.25, -0.2) is 13.6 Å². The minimum Gasteiger partial charge on any atom is -0.350 e. The Kier molecular flexibility index (Phi) is 11.0. The zero-order valence-corrected chi connectivity index (χ0v) is 27.5. The summed E-state index contributed by atoms with van der Waals surface area (Å²) in [6.07, 6.45) is 4.24. The first kappa shape index (κ1) is 35.5. The van der Waals surface area contributed by atoms with E-state index >= 15 is 0 Å². The molecule has 3 saturated carbocycles. The van der Waals surface area contributed by atoms with Crippen LogP contribution in [0.2, 0.25) is 0 Å². The predicted molar refractivity (Wildman–Crippen MR) is 162 cm³/mol. The summed E-state index contributed by atoms with van der Waals surface area (Å²) in [6.45, 7) is 16.6. The Morgan fingerprint density at radius 2 is 1.64 bits per heavy atom. The number of hydrogen-bond donors (Lipinski definition) is 3. The standard InChI is InChI=1S/C16H23F2N3O2.C10H13N3O2.C4H10.C2H6/c1-14(2)10-6-20(7-11(10)14)12(22)5-19-13(23)21-8-15(9-21)3-4-16(15,17)18;11-5-8(12-6-14)3-7-4-10(1-2-10)13-9(7)15;1-4(2)3;1-2/h10-11H,3-9H2,1-2H3,(H,19,23);6-8H,1-4H2,(H,12,14)(H,13,15);4H,1-3H3;1-2H3. The summed E-state index contributed by atoms with van der Waals surface area (Å²) < 4.78 is 27.0. The number of piperidine rings is 1. The first-order valence-corrected chi connectivity index (χ1v) is 16.2. The molecule has 0 aromatic carbocycles. The largest absolute Gasteiger partial charge is 0.350 e. The third-order valence-corrected chi connectivity index (χ3v) is 10.0. The number of hydrogen-bond acceptors (Lipinski definition) is 5. The summed E-state index contributed by atoms with van der Waals surface area (Å²) >= 11 is 0. The van der Waals surface area contributed by atoms with Gasteiger partial charge in [-0.3, -0.25) is 14.4 Å². The molecule has 0 aromatic heterocycles. The lowest BCUT2D eigenvalue weighted by Crippen LogP contribution is -2.72. The fourth-order valence-electron chi connectivity index (χ4n) is 6.77. The van der Waals surface area contributed by atoms with Crippen LogP contribution in [0.25, 0.3) is 0 Å². The Labute approximate surface area is 261 Å². The van der Waals surface area contributed by atoms with Gasteiger partial charge in [0, 0.05) is 44.1 Å². The van der Waals surface area contributed by atoms with Gasteiger partial charge in [-0.15, -0.1) is 0 Å². The van der Waals surface area contributed by atoms with E-state index in [1.807, 2.05) is 19.9 Å². The highest BCUT2D eigenvalue weighted by atomic mass is 19.3. The van der Waals surface area contributed by atoms with E-state index in [-0.39, 0.29) is 49.3 Å². The van der Waals surface area contributed by atoms with E-state index < -0.39 is 23.4 Å². The monoisotopic (exact) mass is 622 g/mol. The number of rotatable bonds is 6. The zero-order valence-electron chi connectivity index (χ0n) is 27.5. The molecule has 5 amide bonds. The molecule has 6 fully saturated rings. The van der Waals surface area contributed by atoms with E-state index in [1.165, 1.54) is 4.90 Å². The van der Waals surface area contributed by atoms with Crippen molar-refractivity contribution in [2.75, 3.05) is 32.7 Å². The zero-order chi connectivity index (χ0) is 33.1. The number of nitrogens with one attached hydrogen (secondary N) is 3. The number of nitriles is 1. The fraction of sp³-hybridized carbons (Fsp3) is 0.844. The minimum atomic E-state index is -2.64. The molecular formula is C32H52F2N6O4. The molecule has 0 radical (unpaired) electrons. The van der Waals surface area contributed by atoms with Crippen LogP contribution in [0.1, 0.15) is 87.0 Å². The first-order chi connectivity index (χ1) is 20.6. The number of likely N-dealkylation sites (tertiary alicyclic amines) is 2. The van der Waals surface area contributed by atoms with Gasteiger partial charge < -0.3 is 25.8 Å². The van der Waals surface area contributed by atoms with E-state index in [9.17, 15) is 28.0 Å². The molecule has 6 rings (SSSR count). The summed E-state index contributed by atoms with van der Waals surface area (Å²) in [5.74, 6) is -0.810. The van der Waals surface area contributed by atoms with Crippen LogP contribution in [0.3, 0.4) is 0 Å².